The van der Waals surface area contributed by atoms with Crippen molar-refractivity contribution in [2.24, 2.45) is 5.73 Å². The average Bonchev–Trinajstić information content (AvgIpc) is 2.19. The van der Waals surface area contributed by atoms with E-state index in [4.69, 9.17) is 10.5 Å². The van der Waals surface area contributed by atoms with Crippen LogP contribution in [0.4, 0.5) is 5.69 Å². The fourth-order valence-electron chi connectivity index (χ4n) is 1.50. The van der Waals surface area contributed by atoms with Crippen LogP contribution < -0.4 is 15.8 Å². The number of rotatable bonds is 1. The summed E-state index contributed by atoms with van der Waals surface area (Å²) in [5.74, 6) is 0.577. The lowest BCUT2D eigenvalue weighted by molar-refractivity contribution is -0.122. The zero-order valence-corrected chi connectivity index (χ0v) is 8.78. The summed E-state index contributed by atoms with van der Waals surface area (Å²) in [5.41, 5.74) is 7.47. The maximum Gasteiger partial charge on any atom is 0.265 e. The van der Waals surface area contributed by atoms with E-state index in [0.29, 0.717) is 11.4 Å². The molecule has 2 atom stereocenters. The van der Waals surface area contributed by atoms with E-state index in [1.807, 2.05) is 25.1 Å². The summed E-state index contributed by atoms with van der Waals surface area (Å²) in [4.78, 5) is 11.3. The van der Waals surface area contributed by atoms with Crippen LogP contribution in [0.15, 0.2) is 18.2 Å². The van der Waals surface area contributed by atoms with Gasteiger partial charge in [0.1, 0.15) is 5.75 Å². The molecule has 1 aliphatic heterocycles. The molecule has 1 heterocycles. The van der Waals surface area contributed by atoms with Gasteiger partial charge in [0.25, 0.3) is 5.91 Å². The molecule has 0 spiro atoms. The highest BCUT2D eigenvalue weighted by molar-refractivity contribution is 5.97. The lowest BCUT2D eigenvalue weighted by Gasteiger charge is -2.24. The van der Waals surface area contributed by atoms with Gasteiger partial charge in [0.2, 0.25) is 0 Å². The molecule has 1 amide bonds. The minimum absolute atomic E-state index is 0.0353. The van der Waals surface area contributed by atoms with Crippen LogP contribution in [0.3, 0.4) is 0 Å². The molecule has 3 N–H and O–H groups in total. The zero-order valence-electron chi connectivity index (χ0n) is 8.78. The van der Waals surface area contributed by atoms with Gasteiger partial charge in [-0.3, -0.25) is 4.79 Å². The Bertz CT molecular complexity index is 402. The maximum absolute atomic E-state index is 11.3. The predicted octanol–water partition coefficient (Wildman–Crippen LogP) is 1.43. The first kappa shape index (κ1) is 9.98. The number of hydrogen-bond acceptors (Lipinski definition) is 3. The van der Waals surface area contributed by atoms with Crippen LogP contribution in [-0.4, -0.2) is 12.0 Å². The van der Waals surface area contributed by atoms with Crippen LogP contribution in [0.25, 0.3) is 0 Å². The Labute approximate surface area is 88.4 Å². The minimum Gasteiger partial charge on any atom is -0.479 e. The molecule has 15 heavy (non-hydrogen) atoms. The van der Waals surface area contributed by atoms with Crippen molar-refractivity contribution in [2.45, 2.75) is 26.0 Å². The molecule has 1 aromatic rings. The summed E-state index contributed by atoms with van der Waals surface area (Å²) in [5, 5.41) is 2.77. The Morgan fingerprint density at radius 3 is 2.93 bits per heavy atom. The highest BCUT2D eigenvalue weighted by Gasteiger charge is 2.23. The minimum atomic E-state index is -0.444. The van der Waals surface area contributed by atoms with E-state index >= 15 is 0 Å². The van der Waals surface area contributed by atoms with E-state index in [1.54, 1.807) is 6.92 Å². The Balaban J connectivity index is 2.37. The molecule has 2 rings (SSSR count). The van der Waals surface area contributed by atoms with Crippen molar-refractivity contribution in [2.75, 3.05) is 5.32 Å². The Hall–Kier alpha value is -1.55. The van der Waals surface area contributed by atoms with E-state index in [-0.39, 0.29) is 11.9 Å². The van der Waals surface area contributed by atoms with Gasteiger partial charge >= 0.3 is 0 Å². The van der Waals surface area contributed by atoms with Gasteiger partial charge in [-0.25, -0.2) is 0 Å². The Morgan fingerprint density at radius 1 is 1.53 bits per heavy atom. The number of benzene rings is 1. The number of nitrogens with two attached hydrogens (primary N) is 1. The summed E-state index contributed by atoms with van der Waals surface area (Å²) < 4.78 is 5.47. The summed E-state index contributed by atoms with van der Waals surface area (Å²) in [6.07, 6.45) is -0.444. The topological polar surface area (TPSA) is 64.3 Å². The van der Waals surface area contributed by atoms with Gasteiger partial charge in [-0.1, -0.05) is 6.07 Å². The predicted molar refractivity (Wildman–Crippen MR) is 57.8 cm³/mol. The first-order chi connectivity index (χ1) is 7.08. The normalized spacial score (nSPS) is 21.3. The van der Waals surface area contributed by atoms with Crippen LogP contribution in [0.2, 0.25) is 0 Å². The van der Waals surface area contributed by atoms with Gasteiger partial charge in [-0.05, 0) is 31.5 Å². The van der Waals surface area contributed by atoms with E-state index in [0.717, 1.165) is 5.56 Å². The van der Waals surface area contributed by atoms with E-state index in [2.05, 4.69) is 5.32 Å². The Kier molecular flexibility index (Phi) is 2.36. The second-order valence-electron chi connectivity index (χ2n) is 3.79. The molecule has 0 aliphatic carbocycles. The van der Waals surface area contributed by atoms with Crippen molar-refractivity contribution in [3.63, 3.8) is 0 Å². The number of fused-ring (bicyclic) bond motifs is 1. The third-order valence-corrected chi connectivity index (χ3v) is 2.46. The summed E-state index contributed by atoms with van der Waals surface area (Å²) in [6, 6.07) is 5.54. The molecule has 4 heteroatoms. The fraction of sp³-hybridized carbons (Fsp3) is 0.364. The van der Waals surface area contributed by atoms with Crippen LogP contribution in [-0.2, 0) is 4.79 Å². The number of anilines is 1. The van der Waals surface area contributed by atoms with Gasteiger partial charge in [0.05, 0.1) is 5.69 Å². The van der Waals surface area contributed by atoms with E-state index in [1.165, 1.54) is 0 Å². The largest absolute Gasteiger partial charge is 0.479 e. The second kappa shape index (κ2) is 3.55. The second-order valence-corrected chi connectivity index (χ2v) is 3.79. The number of carbonyl (C=O) groups excluding carboxylic acids is 1. The maximum atomic E-state index is 11.3. The molecule has 0 bridgehead atoms. The zero-order chi connectivity index (χ0) is 11.0. The van der Waals surface area contributed by atoms with Crippen LogP contribution in [0.1, 0.15) is 25.5 Å². The number of ether oxygens (including phenoxy) is 1. The molecule has 0 aromatic heterocycles. The molecule has 0 radical (unpaired) electrons. The van der Waals surface area contributed by atoms with Crippen molar-refractivity contribution in [1.82, 2.24) is 0 Å². The third-order valence-electron chi connectivity index (χ3n) is 2.46. The number of hydrogen-bond donors (Lipinski definition) is 2. The van der Waals surface area contributed by atoms with Crippen molar-refractivity contribution in [3.05, 3.63) is 23.8 Å². The van der Waals surface area contributed by atoms with Gasteiger partial charge in [0.15, 0.2) is 6.10 Å². The number of nitrogens with one attached hydrogen (secondary N) is 1. The first-order valence-electron chi connectivity index (χ1n) is 4.95. The highest BCUT2D eigenvalue weighted by Crippen LogP contribution is 2.31. The number of amides is 1. The SMILES string of the molecule is CC1Oc2cc(C(C)N)ccc2NC1=O. The molecular formula is C11H14N2O2. The van der Waals surface area contributed by atoms with Crippen LogP contribution in [0, 0.1) is 0 Å². The molecule has 80 valence electrons. The van der Waals surface area contributed by atoms with Crippen molar-refractivity contribution in [1.29, 1.82) is 0 Å². The summed E-state index contributed by atoms with van der Waals surface area (Å²) in [6.45, 7) is 3.63. The molecule has 1 aliphatic rings. The van der Waals surface area contributed by atoms with E-state index < -0.39 is 6.10 Å². The summed E-state index contributed by atoms with van der Waals surface area (Å²) in [7, 11) is 0. The van der Waals surface area contributed by atoms with Crippen molar-refractivity contribution in [3.8, 4) is 5.75 Å². The van der Waals surface area contributed by atoms with Crippen molar-refractivity contribution < 1.29 is 9.53 Å². The molecule has 0 saturated heterocycles. The fourth-order valence-corrected chi connectivity index (χ4v) is 1.50. The van der Waals surface area contributed by atoms with Crippen LogP contribution >= 0.6 is 0 Å². The standard InChI is InChI=1S/C11H14N2O2/c1-6(12)8-3-4-9-10(5-8)15-7(2)11(14)13-9/h3-7H,12H2,1-2H3,(H,13,14). The number of carbonyl (C=O) groups is 1. The highest BCUT2D eigenvalue weighted by atomic mass is 16.5. The lowest BCUT2D eigenvalue weighted by Crippen LogP contribution is -2.34. The first-order valence-corrected chi connectivity index (χ1v) is 4.95. The third kappa shape index (κ3) is 1.80. The van der Waals surface area contributed by atoms with Crippen LogP contribution in [0.5, 0.6) is 5.75 Å². The smallest absolute Gasteiger partial charge is 0.265 e. The molecule has 4 nitrogen and oxygen atoms in total. The monoisotopic (exact) mass is 206 g/mol. The molecule has 0 saturated carbocycles. The molecule has 1 aromatic carbocycles. The lowest BCUT2D eigenvalue weighted by atomic mass is 10.1. The van der Waals surface area contributed by atoms with Gasteiger partial charge < -0.3 is 15.8 Å². The molecule has 2 unspecified atom stereocenters. The van der Waals surface area contributed by atoms with E-state index in [9.17, 15) is 4.79 Å². The summed E-state index contributed by atoms with van der Waals surface area (Å²) >= 11 is 0. The Morgan fingerprint density at radius 2 is 2.27 bits per heavy atom. The molecular weight excluding hydrogens is 192 g/mol. The molecule has 0 fully saturated rings. The van der Waals surface area contributed by atoms with Gasteiger partial charge in [-0.2, -0.15) is 0 Å². The average molecular weight is 206 g/mol. The quantitative estimate of drug-likeness (QED) is 0.730. The van der Waals surface area contributed by atoms with Gasteiger partial charge in [0, 0.05) is 6.04 Å². The van der Waals surface area contributed by atoms with Crippen molar-refractivity contribution >= 4 is 11.6 Å². The van der Waals surface area contributed by atoms with Gasteiger partial charge in [-0.15, -0.1) is 0 Å².